The van der Waals surface area contributed by atoms with Crippen LogP contribution < -0.4 is 20.7 Å². The van der Waals surface area contributed by atoms with E-state index in [1.54, 1.807) is 21.1 Å². The van der Waals surface area contributed by atoms with Crippen LogP contribution in [0.25, 0.3) is 0 Å². The summed E-state index contributed by atoms with van der Waals surface area (Å²) in [6.45, 7) is 1.33. The molecular weight excluding hydrogens is 628 g/mol. The Labute approximate surface area is 272 Å². The van der Waals surface area contributed by atoms with Crippen molar-refractivity contribution in [2.45, 2.75) is 43.8 Å². The number of ether oxygens (including phenoxy) is 4. The SMILES string of the molecule is COc1ccc(C(OC[C@H]2O[C@@H](n3cc(C)c(=O)[nH]c3=O)C[C@@H]2OP(F)OCCC#N)(c2ccccc2)c2ccc(OC)cc2)cc1. The summed E-state index contributed by atoms with van der Waals surface area (Å²) in [7, 11) is 0.301. The highest BCUT2D eigenvalue weighted by Crippen LogP contribution is 2.47. The largest absolute Gasteiger partial charge is 0.497 e. The Morgan fingerprint density at radius 2 is 1.57 bits per heavy atom. The summed E-state index contributed by atoms with van der Waals surface area (Å²) < 4.78 is 51.1. The molecule has 4 aromatic rings. The van der Waals surface area contributed by atoms with Crippen LogP contribution in [-0.4, -0.2) is 49.2 Å². The Kier molecular flexibility index (Phi) is 11.2. The third kappa shape index (κ3) is 7.62. The molecule has 3 aromatic carbocycles. The minimum Gasteiger partial charge on any atom is -0.497 e. The maximum absolute atomic E-state index is 15.0. The van der Waals surface area contributed by atoms with Crippen molar-refractivity contribution >= 4 is 8.69 Å². The van der Waals surface area contributed by atoms with Crippen molar-refractivity contribution in [1.82, 2.24) is 9.55 Å². The van der Waals surface area contributed by atoms with Crippen LogP contribution in [-0.2, 0) is 24.1 Å². The van der Waals surface area contributed by atoms with Crippen LogP contribution in [0, 0.1) is 18.3 Å². The summed E-state index contributed by atoms with van der Waals surface area (Å²) >= 11 is 0. The van der Waals surface area contributed by atoms with Gasteiger partial charge >= 0.3 is 14.4 Å². The quantitative estimate of drug-likeness (QED) is 0.103. The molecule has 47 heavy (non-hydrogen) atoms. The van der Waals surface area contributed by atoms with Gasteiger partial charge in [-0.05, 0) is 47.9 Å². The van der Waals surface area contributed by atoms with Gasteiger partial charge in [0, 0.05) is 18.2 Å². The molecule has 0 radical (unpaired) electrons. The third-order valence-corrected chi connectivity index (χ3v) is 8.72. The molecule has 1 aliphatic heterocycles. The molecule has 246 valence electrons. The van der Waals surface area contributed by atoms with Crippen molar-refractivity contribution in [2.24, 2.45) is 0 Å². The fourth-order valence-electron chi connectivity index (χ4n) is 5.51. The molecule has 0 saturated carbocycles. The number of hydrogen-bond donors (Lipinski definition) is 1. The van der Waals surface area contributed by atoms with Gasteiger partial charge in [-0.3, -0.25) is 14.3 Å². The standard InChI is InChI=1S/C34H35FN3O8P/c1-23-21-38(33(40)37-32(23)39)31-20-29(46-47(35)44-19-7-18-36)30(45-31)22-43-34(24-8-5-4-6-9-24,25-10-14-27(41-2)15-11-25)26-12-16-28(42-3)17-13-26/h4-6,8-17,21,29-31H,7,19-20,22H2,1-3H3,(H,37,39,40)/t29-,30+,31+,47?/m0/s1. The number of H-pyrrole nitrogens is 1. The lowest BCUT2D eigenvalue weighted by atomic mass is 9.80. The fraction of sp³-hybridized carbons (Fsp3) is 0.324. The Morgan fingerprint density at radius 3 is 2.15 bits per heavy atom. The van der Waals surface area contributed by atoms with E-state index in [4.69, 9.17) is 33.3 Å². The summed E-state index contributed by atoms with van der Waals surface area (Å²) in [5, 5.41) is 8.83. The van der Waals surface area contributed by atoms with Crippen LogP contribution in [0.3, 0.4) is 0 Å². The van der Waals surface area contributed by atoms with Gasteiger partial charge in [0.05, 0.1) is 46.0 Å². The summed E-state index contributed by atoms with van der Waals surface area (Å²) in [5.41, 5.74) is 0.294. The van der Waals surface area contributed by atoms with Crippen molar-refractivity contribution in [3.8, 4) is 17.6 Å². The van der Waals surface area contributed by atoms with Gasteiger partial charge in [0.25, 0.3) is 5.56 Å². The van der Waals surface area contributed by atoms with Crippen LogP contribution in [0.1, 0.15) is 41.3 Å². The third-order valence-electron chi connectivity index (χ3n) is 7.90. The van der Waals surface area contributed by atoms with E-state index in [1.807, 2.05) is 84.9 Å². The number of aryl methyl sites for hydroxylation is 1. The molecule has 1 unspecified atom stereocenters. The van der Waals surface area contributed by atoms with Gasteiger partial charge in [0.1, 0.15) is 29.4 Å². The van der Waals surface area contributed by atoms with E-state index in [0.29, 0.717) is 17.1 Å². The first-order chi connectivity index (χ1) is 22.8. The van der Waals surface area contributed by atoms with Gasteiger partial charge in [-0.25, -0.2) is 4.79 Å². The van der Waals surface area contributed by atoms with Gasteiger partial charge < -0.3 is 28.0 Å². The van der Waals surface area contributed by atoms with E-state index in [0.717, 1.165) is 16.7 Å². The second-order valence-electron chi connectivity index (χ2n) is 10.8. The van der Waals surface area contributed by atoms with E-state index in [2.05, 4.69) is 4.98 Å². The first kappa shape index (κ1) is 34.0. The zero-order valence-electron chi connectivity index (χ0n) is 26.1. The molecule has 5 rings (SSSR count). The molecule has 0 bridgehead atoms. The normalized spacial score (nSPS) is 18.4. The molecule has 13 heteroatoms. The molecule has 2 heterocycles. The number of hydrogen-bond acceptors (Lipinski definition) is 9. The average Bonchev–Trinajstić information content (AvgIpc) is 3.49. The zero-order chi connectivity index (χ0) is 33.4. The van der Waals surface area contributed by atoms with E-state index < -0.39 is 44.0 Å². The summed E-state index contributed by atoms with van der Waals surface area (Å²) in [4.78, 5) is 27.1. The number of methoxy groups -OCH3 is 2. The van der Waals surface area contributed by atoms with Crippen LogP contribution in [0.5, 0.6) is 11.5 Å². The highest BCUT2D eigenvalue weighted by atomic mass is 31.2. The summed E-state index contributed by atoms with van der Waals surface area (Å²) in [6, 6.07) is 26.5. The predicted molar refractivity (Wildman–Crippen MR) is 172 cm³/mol. The number of aromatic nitrogens is 2. The second kappa shape index (κ2) is 15.5. The Hall–Kier alpha value is -4.37. The molecule has 1 aromatic heterocycles. The molecule has 0 spiro atoms. The highest BCUT2D eigenvalue weighted by molar-refractivity contribution is 7.41. The van der Waals surface area contributed by atoms with Gasteiger partial charge in [-0.1, -0.05) is 54.6 Å². The van der Waals surface area contributed by atoms with E-state index in [9.17, 15) is 13.8 Å². The van der Waals surface area contributed by atoms with Crippen LogP contribution >= 0.6 is 8.69 Å². The lowest BCUT2D eigenvalue weighted by molar-refractivity contribution is -0.0922. The van der Waals surface area contributed by atoms with E-state index >= 15 is 0 Å². The number of rotatable bonds is 14. The Bertz CT molecular complexity index is 1730. The maximum Gasteiger partial charge on any atom is 0.375 e. The molecule has 1 aliphatic rings. The predicted octanol–water partition coefficient (Wildman–Crippen LogP) is 5.67. The van der Waals surface area contributed by atoms with Crippen molar-refractivity contribution in [1.29, 1.82) is 5.26 Å². The molecule has 4 atom stereocenters. The van der Waals surface area contributed by atoms with Gasteiger partial charge in [0.15, 0.2) is 0 Å². The van der Waals surface area contributed by atoms with Gasteiger partial charge in [0.2, 0.25) is 0 Å². The molecule has 1 fully saturated rings. The smallest absolute Gasteiger partial charge is 0.375 e. The number of nitrogens with one attached hydrogen (secondary N) is 1. The molecule has 1 N–H and O–H groups in total. The van der Waals surface area contributed by atoms with E-state index in [1.165, 1.54) is 10.8 Å². The van der Waals surface area contributed by atoms with Gasteiger partial charge in [-0.15, -0.1) is 0 Å². The number of nitriles is 1. The topological polar surface area (TPSA) is 134 Å². The molecule has 0 amide bonds. The lowest BCUT2D eigenvalue weighted by Crippen LogP contribution is -2.38. The van der Waals surface area contributed by atoms with Gasteiger partial charge in [-0.2, -0.15) is 9.46 Å². The average molecular weight is 664 g/mol. The first-order valence-corrected chi connectivity index (χ1v) is 15.9. The maximum atomic E-state index is 15.0. The summed E-state index contributed by atoms with van der Waals surface area (Å²) in [5.74, 6) is 1.32. The number of aromatic amines is 1. The zero-order valence-corrected chi connectivity index (χ0v) is 27.0. The molecule has 11 nitrogen and oxygen atoms in total. The summed E-state index contributed by atoms with van der Waals surface area (Å²) in [6.07, 6.45) is -1.22. The van der Waals surface area contributed by atoms with Crippen molar-refractivity contribution in [3.63, 3.8) is 0 Å². The van der Waals surface area contributed by atoms with Crippen LogP contribution in [0.15, 0.2) is 94.6 Å². The Balaban J connectivity index is 1.55. The number of nitrogens with zero attached hydrogens (tertiary/aromatic N) is 2. The van der Waals surface area contributed by atoms with Crippen molar-refractivity contribution in [3.05, 3.63) is 128 Å². The molecular formula is C34H35FN3O8P. The number of halogens is 1. The fourth-order valence-corrected chi connectivity index (χ4v) is 6.24. The van der Waals surface area contributed by atoms with Crippen molar-refractivity contribution in [2.75, 3.05) is 27.4 Å². The minimum absolute atomic E-state index is 0.00217. The molecule has 1 saturated heterocycles. The van der Waals surface area contributed by atoms with Crippen LogP contribution in [0.2, 0.25) is 0 Å². The molecule has 0 aliphatic carbocycles. The second-order valence-corrected chi connectivity index (χ2v) is 11.7. The minimum atomic E-state index is -2.88. The number of benzene rings is 3. The van der Waals surface area contributed by atoms with Crippen LogP contribution in [0.4, 0.5) is 4.20 Å². The monoisotopic (exact) mass is 663 g/mol. The lowest BCUT2D eigenvalue weighted by Gasteiger charge is -2.37. The van der Waals surface area contributed by atoms with E-state index in [-0.39, 0.29) is 26.1 Å². The first-order valence-electron chi connectivity index (χ1n) is 14.9. The Morgan fingerprint density at radius 1 is 0.979 bits per heavy atom. The highest BCUT2D eigenvalue weighted by Gasteiger charge is 2.44. The van der Waals surface area contributed by atoms with Crippen molar-refractivity contribution < 1.29 is 32.2 Å².